The van der Waals surface area contributed by atoms with Crippen molar-refractivity contribution in [1.82, 2.24) is 0 Å². The lowest BCUT2D eigenvalue weighted by Crippen LogP contribution is -2.29. The van der Waals surface area contributed by atoms with Crippen LogP contribution in [0.2, 0.25) is 4.34 Å². The first-order valence-electron chi connectivity index (χ1n) is 4.96. The van der Waals surface area contributed by atoms with Gasteiger partial charge < -0.3 is 10.5 Å². The fourth-order valence-corrected chi connectivity index (χ4v) is 2.60. The molecule has 0 spiro atoms. The maximum atomic E-state index is 11.5. The summed E-state index contributed by atoms with van der Waals surface area (Å²) in [5.41, 5.74) is 5.45. The van der Waals surface area contributed by atoms with Crippen LogP contribution in [0.15, 0.2) is 12.1 Å². The van der Waals surface area contributed by atoms with E-state index in [9.17, 15) is 4.79 Å². The topological polar surface area (TPSA) is 52.3 Å². The number of methoxy groups -OCH3 is 1. The molecule has 0 fully saturated rings. The van der Waals surface area contributed by atoms with Crippen molar-refractivity contribution in [3.63, 3.8) is 0 Å². The zero-order chi connectivity index (χ0) is 12.3. The number of esters is 1. The number of hydrogen-bond acceptors (Lipinski definition) is 4. The maximum absolute atomic E-state index is 11.5. The molecule has 0 aliphatic carbocycles. The first kappa shape index (κ1) is 13.5. The second-order valence-corrected chi connectivity index (χ2v) is 6.07. The molecule has 0 saturated carbocycles. The molecule has 0 radical (unpaired) electrons. The standard InChI is InChI=1S/C11H16ClNO2S/c1-11(2,10(14)15-3)6-7(13)8-4-5-9(12)16-8/h4-5,7H,6,13H2,1-3H3. The van der Waals surface area contributed by atoms with Gasteiger partial charge in [0.1, 0.15) is 0 Å². The van der Waals surface area contributed by atoms with Crippen LogP contribution in [0.1, 0.15) is 31.2 Å². The molecular formula is C11H16ClNO2S. The van der Waals surface area contributed by atoms with Crippen LogP contribution in [0.5, 0.6) is 0 Å². The van der Waals surface area contributed by atoms with Crippen LogP contribution in [0.3, 0.4) is 0 Å². The van der Waals surface area contributed by atoms with Gasteiger partial charge in [0, 0.05) is 10.9 Å². The van der Waals surface area contributed by atoms with Gasteiger partial charge in [-0.15, -0.1) is 11.3 Å². The molecule has 0 bridgehead atoms. The van der Waals surface area contributed by atoms with Crippen LogP contribution in [0.4, 0.5) is 0 Å². The van der Waals surface area contributed by atoms with E-state index < -0.39 is 5.41 Å². The summed E-state index contributed by atoms with van der Waals surface area (Å²) in [4.78, 5) is 12.5. The van der Waals surface area contributed by atoms with E-state index in [2.05, 4.69) is 0 Å². The van der Waals surface area contributed by atoms with Crippen LogP contribution < -0.4 is 5.73 Å². The van der Waals surface area contributed by atoms with E-state index in [1.54, 1.807) is 0 Å². The molecular weight excluding hydrogens is 246 g/mol. The summed E-state index contributed by atoms with van der Waals surface area (Å²) in [6.45, 7) is 3.65. The maximum Gasteiger partial charge on any atom is 0.311 e. The Labute approximate surface area is 105 Å². The van der Waals surface area contributed by atoms with Gasteiger partial charge >= 0.3 is 5.97 Å². The summed E-state index contributed by atoms with van der Waals surface area (Å²) in [6.07, 6.45) is 0.538. The van der Waals surface area contributed by atoms with E-state index in [4.69, 9.17) is 22.1 Å². The van der Waals surface area contributed by atoms with Crippen LogP contribution >= 0.6 is 22.9 Å². The van der Waals surface area contributed by atoms with E-state index in [0.717, 1.165) is 4.88 Å². The Bertz CT molecular complexity index is 376. The van der Waals surface area contributed by atoms with Crippen molar-refractivity contribution < 1.29 is 9.53 Å². The average molecular weight is 262 g/mol. The summed E-state index contributed by atoms with van der Waals surface area (Å²) >= 11 is 7.28. The quantitative estimate of drug-likeness (QED) is 0.848. The molecule has 90 valence electrons. The minimum absolute atomic E-state index is 0.188. The third kappa shape index (κ3) is 3.20. The van der Waals surface area contributed by atoms with Crippen LogP contribution in [0, 0.1) is 5.41 Å². The molecule has 0 aliphatic rings. The highest BCUT2D eigenvalue weighted by Gasteiger charge is 2.31. The Kier molecular flexibility index (Phi) is 4.35. The molecule has 16 heavy (non-hydrogen) atoms. The van der Waals surface area contributed by atoms with Crippen LogP contribution in [0.25, 0.3) is 0 Å². The summed E-state index contributed by atoms with van der Waals surface area (Å²) in [5, 5.41) is 0. The third-order valence-electron chi connectivity index (χ3n) is 2.43. The second-order valence-electron chi connectivity index (χ2n) is 4.33. The van der Waals surface area contributed by atoms with Crippen molar-refractivity contribution in [3.8, 4) is 0 Å². The Hall–Kier alpha value is -0.580. The lowest BCUT2D eigenvalue weighted by atomic mass is 9.85. The molecule has 0 amide bonds. The predicted octanol–water partition coefficient (Wildman–Crippen LogP) is 2.99. The number of halogens is 1. The molecule has 0 aromatic carbocycles. The molecule has 0 aliphatic heterocycles. The number of carbonyl (C=O) groups excluding carboxylic acids is 1. The molecule has 1 aromatic heterocycles. The lowest BCUT2D eigenvalue weighted by Gasteiger charge is -2.24. The van der Waals surface area contributed by atoms with E-state index in [1.807, 2.05) is 26.0 Å². The van der Waals surface area contributed by atoms with Gasteiger partial charge in [-0.3, -0.25) is 4.79 Å². The number of thiophene rings is 1. The Balaban J connectivity index is 2.70. The molecule has 2 N–H and O–H groups in total. The molecule has 3 nitrogen and oxygen atoms in total. The summed E-state index contributed by atoms with van der Waals surface area (Å²) in [6, 6.07) is 3.52. The molecule has 5 heteroatoms. The van der Waals surface area contributed by atoms with Gasteiger partial charge in [0.05, 0.1) is 16.9 Å². The number of carbonyl (C=O) groups is 1. The summed E-state index contributed by atoms with van der Waals surface area (Å²) in [7, 11) is 1.39. The van der Waals surface area contributed by atoms with Crippen molar-refractivity contribution in [2.45, 2.75) is 26.3 Å². The van der Waals surface area contributed by atoms with Gasteiger partial charge in [-0.05, 0) is 32.4 Å². The monoisotopic (exact) mass is 261 g/mol. The number of rotatable bonds is 4. The van der Waals surface area contributed by atoms with E-state index in [-0.39, 0.29) is 12.0 Å². The number of hydrogen-bond donors (Lipinski definition) is 1. The van der Waals surface area contributed by atoms with Crippen molar-refractivity contribution >= 4 is 28.9 Å². The van der Waals surface area contributed by atoms with Crippen LogP contribution in [-0.2, 0) is 9.53 Å². The SMILES string of the molecule is COC(=O)C(C)(C)CC(N)c1ccc(Cl)s1. The molecule has 1 rings (SSSR count). The van der Waals surface area contributed by atoms with Gasteiger partial charge in [0.2, 0.25) is 0 Å². The second kappa shape index (κ2) is 5.17. The van der Waals surface area contributed by atoms with Gasteiger partial charge in [-0.2, -0.15) is 0 Å². The van der Waals surface area contributed by atoms with Gasteiger partial charge in [-0.1, -0.05) is 11.6 Å². The van der Waals surface area contributed by atoms with Crippen molar-refractivity contribution in [3.05, 3.63) is 21.3 Å². The highest BCUT2D eigenvalue weighted by atomic mass is 35.5. The first-order chi connectivity index (χ1) is 7.36. The fourth-order valence-electron chi connectivity index (χ4n) is 1.54. The molecule has 1 unspecified atom stereocenters. The van der Waals surface area contributed by atoms with E-state index in [1.165, 1.54) is 18.4 Å². The molecule has 1 heterocycles. The normalized spacial score (nSPS) is 13.6. The molecule has 0 saturated heterocycles. The van der Waals surface area contributed by atoms with Crippen molar-refractivity contribution in [2.24, 2.45) is 11.1 Å². The van der Waals surface area contributed by atoms with Crippen molar-refractivity contribution in [1.29, 1.82) is 0 Å². The van der Waals surface area contributed by atoms with Crippen LogP contribution in [-0.4, -0.2) is 13.1 Å². The Morgan fingerprint density at radius 1 is 1.62 bits per heavy atom. The molecule has 1 aromatic rings. The highest BCUT2D eigenvalue weighted by Crippen LogP contribution is 2.33. The predicted molar refractivity (Wildman–Crippen MR) is 66.7 cm³/mol. The zero-order valence-electron chi connectivity index (χ0n) is 9.62. The Morgan fingerprint density at radius 2 is 2.25 bits per heavy atom. The summed E-state index contributed by atoms with van der Waals surface area (Å²) < 4.78 is 5.45. The number of nitrogens with two attached hydrogens (primary N) is 1. The van der Waals surface area contributed by atoms with E-state index in [0.29, 0.717) is 10.8 Å². The highest BCUT2D eigenvalue weighted by molar-refractivity contribution is 7.16. The average Bonchev–Trinajstić information content (AvgIpc) is 2.63. The Morgan fingerprint density at radius 3 is 2.69 bits per heavy atom. The minimum Gasteiger partial charge on any atom is -0.469 e. The van der Waals surface area contributed by atoms with Gasteiger partial charge in [0.15, 0.2) is 0 Å². The molecule has 1 atom stereocenters. The largest absolute Gasteiger partial charge is 0.469 e. The van der Waals surface area contributed by atoms with Crippen molar-refractivity contribution in [2.75, 3.05) is 7.11 Å². The fraction of sp³-hybridized carbons (Fsp3) is 0.545. The number of ether oxygens (including phenoxy) is 1. The smallest absolute Gasteiger partial charge is 0.311 e. The van der Waals surface area contributed by atoms with Gasteiger partial charge in [-0.25, -0.2) is 0 Å². The zero-order valence-corrected chi connectivity index (χ0v) is 11.2. The third-order valence-corrected chi connectivity index (χ3v) is 3.79. The summed E-state index contributed by atoms with van der Waals surface area (Å²) in [5.74, 6) is -0.245. The minimum atomic E-state index is -0.579. The first-order valence-corrected chi connectivity index (χ1v) is 6.15. The lowest BCUT2D eigenvalue weighted by molar-refractivity contribution is -0.151. The van der Waals surface area contributed by atoms with Gasteiger partial charge in [0.25, 0.3) is 0 Å². The van der Waals surface area contributed by atoms with E-state index >= 15 is 0 Å².